The van der Waals surface area contributed by atoms with E-state index in [1.807, 2.05) is 6.92 Å². The first kappa shape index (κ1) is 13.4. The van der Waals surface area contributed by atoms with Crippen molar-refractivity contribution in [1.29, 1.82) is 0 Å². The minimum absolute atomic E-state index is 0.111. The van der Waals surface area contributed by atoms with Crippen LogP contribution in [0, 0.1) is 0 Å². The molecule has 0 saturated carbocycles. The fraction of sp³-hybridized carbons (Fsp3) is 0.545. The van der Waals surface area contributed by atoms with Gasteiger partial charge in [-0.1, -0.05) is 13.3 Å². The van der Waals surface area contributed by atoms with E-state index in [0.29, 0.717) is 0 Å². The molecule has 0 aliphatic carbocycles. The molecule has 0 bridgehead atoms. The summed E-state index contributed by atoms with van der Waals surface area (Å²) in [4.78, 5) is 35.5. The predicted molar refractivity (Wildman–Crippen MR) is 59.7 cm³/mol. The Morgan fingerprint density at radius 1 is 1.47 bits per heavy atom. The van der Waals surface area contributed by atoms with E-state index in [-0.39, 0.29) is 25.3 Å². The average Bonchev–Trinajstić information content (AvgIpc) is 2.58. The Balaban J connectivity index is 2.60. The summed E-state index contributed by atoms with van der Waals surface area (Å²) < 4.78 is 4.87. The number of nitrogens with two attached hydrogens (primary N) is 1. The van der Waals surface area contributed by atoms with Gasteiger partial charge < -0.3 is 10.5 Å². The maximum absolute atomic E-state index is 11.7. The summed E-state index contributed by atoms with van der Waals surface area (Å²) >= 11 is 0. The zero-order valence-electron chi connectivity index (χ0n) is 9.77. The molecule has 94 valence electrons. The largest absolute Gasteiger partial charge is 0.462 e. The van der Waals surface area contributed by atoms with E-state index < -0.39 is 17.8 Å². The Hall–Kier alpha value is -1.69. The van der Waals surface area contributed by atoms with Crippen molar-refractivity contribution in [2.24, 2.45) is 5.73 Å². The van der Waals surface area contributed by atoms with Crippen molar-refractivity contribution in [2.75, 3.05) is 19.7 Å². The molecule has 0 aromatic heterocycles. The third-order valence-corrected chi connectivity index (χ3v) is 2.31. The highest BCUT2D eigenvalue weighted by atomic mass is 16.5. The van der Waals surface area contributed by atoms with Gasteiger partial charge in [-0.2, -0.15) is 0 Å². The third kappa shape index (κ3) is 3.13. The van der Waals surface area contributed by atoms with Gasteiger partial charge in [-0.15, -0.1) is 0 Å². The lowest BCUT2D eigenvalue weighted by Crippen LogP contribution is -2.36. The van der Waals surface area contributed by atoms with Crippen molar-refractivity contribution in [1.82, 2.24) is 4.90 Å². The Kier molecular flexibility index (Phi) is 4.84. The summed E-state index contributed by atoms with van der Waals surface area (Å²) in [5, 5.41) is 0. The highest BCUT2D eigenvalue weighted by Crippen LogP contribution is 2.13. The number of nitrogens with zero attached hydrogens (tertiary/aromatic N) is 1. The quantitative estimate of drug-likeness (QED) is 0.295. The van der Waals surface area contributed by atoms with E-state index in [0.717, 1.165) is 23.8 Å². The van der Waals surface area contributed by atoms with Gasteiger partial charge >= 0.3 is 5.97 Å². The number of hydrogen-bond acceptors (Lipinski definition) is 5. The monoisotopic (exact) mass is 240 g/mol. The molecule has 2 N–H and O–H groups in total. The SMILES string of the molecule is CCCCOC(=O)C1=CC(=O)N(CCN)C1=O. The molecule has 2 amide bonds. The van der Waals surface area contributed by atoms with Crippen LogP contribution < -0.4 is 5.73 Å². The molecule has 0 spiro atoms. The van der Waals surface area contributed by atoms with Crippen LogP contribution >= 0.6 is 0 Å². The summed E-state index contributed by atoms with van der Waals surface area (Å²) in [5.74, 6) is -1.87. The summed E-state index contributed by atoms with van der Waals surface area (Å²) in [6.45, 7) is 2.49. The molecule has 0 aromatic carbocycles. The molecule has 0 fully saturated rings. The average molecular weight is 240 g/mol. The van der Waals surface area contributed by atoms with Gasteiger partial charge in [-0.25, -0.2) is 4.79 Å². The van der Waals surface area contributed by atoms with Crippen molar-refractivity contribution in [2.45, 2.75) is 19.8 Å². The van der Waals surface area contributed by atoms with Crippen LogP contribution in [0.5, 0.6) is 0 Å². The van der Waals surface area contributed by atoms with Crippen molar-refractivity contribution >= 4 is 17.8 Å². The van der Waals surface area contributed by atoms with Gasteiger partial charge in [0.15, 0.2) is 0 Å². The Bertz CT molecular complexity index is 362. The summed E-state index contributed by atoms with van der Waals surface area (Å²) in [5.41, 5.74) is 5.06. The van der Waals surface area contributed by atoms with Crippen LogP contribution in [0.3, 0.4) is 0 Å². The number of ether oxygens (including phenoxy) is 1. The number of imide groups is 1. The minimum Gasteiger partial charge on any atom is -0.462 e. The normalized spacial score (nSPS) is 15.2. The van der Waals surface area contributed by atoms with Gasteiger partial charge in [-0.3, -0.25) is 14.5 Å². The molecule has 0 unspecified atom stereocenters. The maximum Gasteiger partial charge on any atom is 0.343 e. The van der Waals surface area contributed by atoms with Crippen LogP contribution in [0.1, 0.15) is 19.8 Å². The molecular weight excluding hydrogens is 224 g/mol. The van der Waals surface area contributed by atoms with Crippen LogP contribution in [0.2, 0.25) is 0 Å². The maximum atomic E-state index is 11.7. The zero-order chi connectivity index (χ0) is 12.8. The van der Waals surface area contributed by atoms with Gasteiger partial charge in [-0.05, 0) is 6.42 Å². The number of amides is 2. The zero-order valence-corrected chi connectivity index (χ0v) is 9.77. The van der Waals surface area contributed by atoms with Crippen molar-refractivity contribution < 1.29 is 19.1 Å². The molecular formula is C11H16N2O4. The summed E-state index contributed by atoms with van der Waals surface area (Å²) in [6.07, 6.45) is 2.62. The van der Waals surface area contributed by atoms with Crippen LogP contribution in [0.4, 0.5) is 0 Å². The molecule has 1 aliphatic rings. The Morgan fingerprint density at radius 2 is 2.18 bits per heavy atom. The highest BCUT2D eigenvalue weighted by molar-refractivity contribution is 6.28. The Labute approximate surface area is 99.4 Å². The number of carbonyl (C=O) groups is 3. The topological polar surface area (TPSA) is 89.7 Å². The fourth-order valence-electron chi connectivity index (χ4n) is 1.38. The molecule has 0 saturated heterocycles. The second-order valence-corrected chi connectivity index (χ2v) is 3.63. The van der Waals surface area contributed by atoms with Crippen molar-refractivity contribution in [3.63, 3.8) is 0 Å². The van der Waals surface area contributed by atoms with Crippen LogP contribution in [-0.2, 0) is 19.1 Å². The van der Waals surface area contributed by atoms with Gasteiger partial charge in [0.2, 0.25) is 0 Å². The summed E-state index contributed by atoms with van der Waals surface area (Å²) in [7, 11) is 0. The van der Waals surface area contributed by atoms with E-state index in [1.54, 1.807) is 0 Å². The number of rotatable bonds is 6. The molecule has 1 aliphatic heterocycles. The first-order valence-electron chi connectivity index (χ1n) is 5.56. The van der Waals surface area contributed by atoms with E-state index in [9.17, 15) is 14.4 Å². The number of carbonyl (C=O) groups excluding carboxylic acids is 3. The van der Waals surface area contributed by atoms with E-state index in [2.05, 4.69) is 0 Å². The first-order valence-corrected chi connectivity index (χ1v) is 5.56. The second-order valence-electron chi connectivity index (χ2n) is 3.63. The Morgan fingerprint density at radius 3 is 2.76 bits per heavy atom. The van der Waals surface area contributed by atoms with Crippen molar-refractivity contribution in [3.8, 4) is 0 Å². The lowest BCUT2D eigenvalue weighted by Gasteiger charge is -2.12. The van der Waals surface area contributed by atoms with Gasteiger partial charge in [0.25, 0.3) is 11.8 Å². The lowest BCUT2D eigenvalue weighted by molar-refractivity contribution is -0.142. The molecule has 17 heavy (non-hydrogen) atoms. The van der Waals surface area contributed by atoms with Crippen LogP contribution in [0.25, 0.3) is 0 Å². The van der Waals surface area contributed by atoms with Crippen LogP contribution in [0.15, 0.2) is 11.6 Å². The van der Waals surface area contributed by atoms with Gasteiger partial charge in [0, 0.05) is 19.2 Å². The molecule has 0 aromatic rings. The molecule has 0 radical (unpaired) electrons. The van der Waals surface area contributed by atoms with Gasteiger partial charge in [0.05, 0.1) is 6.61 Å². The smallest absolute Gasteiger partial charge is 0.343 e. The van der Waals surface area contributed by atoms with E-state index in [4.69, 9.17) is 10.5 Å². The number of hydrogen-bond donors (Lipinski definition) is 1. The van der Waals surface area contributed by atoms with Crippen molar-refractivity contribution in [3.05, 3.63) is 11.6 Å². The molecule has 1 rings (SSSR count). The van der Waals surface area contributed by atoms with Gasteiger partial charge in [0.1, 0.15) is 5.57 Å². The van der Waals surface area contributed by atoms with E-state index >= 15 is 0 Å². The van der Waals surface area contributed by atoms with E-state index in [1.165, 1.54) is 0 Å². The summed E-state index contributed by atoms with van der Waals surface area (Å²) in [6, 6.07) is 0. The number of esters is 1. The second kappa shape index (κ2) is 6.15. The number of unbranched alkanes of at least 4 members (excludes halogenated alkanes) is 1. The van der Waals surface area contributed by atoms with Crippen LogP contribution in [-0.4, -0.2) is 42.4 Å². The third-order valence-electron chi connectivity index (χ3n) is 2.31. The first-order chi connectivity index (χ1) is 8.11. The minimum atomic E-state index is -0.740. The molecule has 6 nitrogen and oxygen atoms in total. The molecule has 0 atom stereocenters. The fourth-order valence-corrected chi connectivity index (χ4v) is 1.38. The highest BCUT2D eigenvalue weighted by Gasteiger charge is 2.35. The molecule has 1 heterocycles. The predicted octanol–water partition coefficient (Wildman–Crippen LogP) is -0.416. The molecule has 6 heteroatoms. The standard InChI is InChI=1S/C11H16N2O4/c1-2-3-6-17-11(16)8-7-9(14)13(5-4-12)10(8)15/h7H,2-6,12H2,1H3. The lowest BCUT2D eigenvalue weighted by atomic mass is 10.3.